The monoisotopic (exact) mass is 253 g/mol. The molecule has 1 amide bonds. The van der Waals surface area contributed by atoms with E-state index >= 15 is 0 Å². The zero-order chi connectivity index (χ0) is 13.8. The van der Waals surface area contributed by atoms with Crippen molar-refractivity contribution in [2.75, 3.05) is 0 Å². The first-order valence-corrected chi connectivity index (χ1v) is 6.95. The molecule has 0 aromatic heterocycles. The van der Waals surface area contributed by atoms with Crippen molar-refractivity contribution < 1.29 is 4.79 Å². The molecule has 1 atom stereocenters. The Balaban J connectivity index is 2.55. The molecule has 0 radical (unpaired) electrons. The molecule has 18 heavy (non-hydrogen) atoms. The SMILES string of the molecule is CC(N=C(N)C1CCCCC1)C(=O)NC(C)(C)C. The summed E-state index contributed by atoms with van der Waals surface area (Å²) in [6, 6.07) is -0.397. The van der Waals surface area contributed by atoms with E-state index in [9.17, 15) is 4.79 Å². The van der Waals surface area contributed by atoms with Crippen molar-refractivity contribution in [2.24, 2.45) is 16.6 Å². The van der Waals surface area contributed by atoms with Gasteiger partial charge in [-0.3, -0.25) is 9.79 Å². The van der Waals surface area contributed by atoms with Gasteiger partial charge in [0.25, 0.3) is 0 Å². The van der Waals surface area contributed by atoms with E-state index in [0.717, 1.165) is 12.8 Å². The van der Waals surface area contributed by atoms with Crippen LogP contribution < -0.4 is 11.1 Å². The number of rotatable bonds is 3. The molecule has 1 fully saturated rings. The van der Waals surface area contributed by atoms with Crippen molar-refractivity contribution >= 4 is 11.7 Å². The second-order valence-electron chi connectivity index (χ2n) is 6.30. The van der Waals surface area contributed by atoms with Crippen LogP contribution in [-0.4, -0.2) is 23.3 Å². The number of carbonyl (C=O) groups excluding carboxylic acids is 1. The normalized spacial score (nSPS) is 20.6. The Morgan fingerprint density at radius 3 is 2.33 bits per heavy atom. The molecular formula is C14H27N3O. The molecule has 3 N–H and O–H groups in total. The predicted octanol–water partition coefficient (Wildman–Crippen LogP) is 2.23. The molecule has 1 unspecified atom stereocenters. The van der Waals surface area contributed by atoms with Gasteiger partial charge in [0.1, 0.15) is 6.04 Å². The molecule has 1 aliphatic rings. The third kappa shape index (κ3) is 5.07. The highest BCUT2D eigenvalue weighted by molar-refractivity contribution is 5.88. The molecule has 0 aromatic rings. The molecule has 104 valence electrons. The minimum atomic E-state index is -0.397. The summed E-state index contributed by atoms with van der Waals surface area (Å²) in [6.45, 7) is 7.69. The van der Waals surface area contributed by atoms with E-state index in [1.54, 1.807) is 6.92 Å². The first-order valence-electron chi connectivity index (χ1n) is 6.95. The number of hydrogen-bond donors (Lipinski definition) is 2. The van der Waals surface area contributed by atoms with Gasteiger partial charge in [0.15, 0.2) is 0 Å². The molecule has 1 saturated carbocycles. The molecule has 4 heteroatoms. The Hall–Kier alpha value is -1.06. The van der Waals surface area contributed by atoms with Gasteiger partial charge in [-0.15, -0.1) is 0 Å². The fourth-order valence-electron chi connectivity index (χ4n) is 2.26. The van der Waals surface area contributed by atoms with Gasteiger partial charge in [0, 0.05) is 11.5 Å². The molecule has 0 heterocycles. The molecule has 0 aromatic carbocycles. The zero-order valence-electron chi connectivity index (χ0n) is 12.1. The second kappa shape index (κ2) is 6.21. The molecule has 0 saturated heterocycles. The van der Waals surface area contributed by atoms with Crippen LogP contribution in [0.3, 0.4) is 0 Å². The van der Waals surface area contributed by atoms with Crippen molar-refractivity contribution in [1.29, 1.82) is 0 Å². The van der Waals surface area contributed by atoms with Crippen LogP contribution in [-0.2, 0) is 4.79 Å². The highest BCUT2D eigenvalue weighted by Gasteiger charge is 2.21. The third-order valence-corrected chi connectivity index (χ3v) is 3.24. The number of hydrogen-bond acceptors (Lipinski definition) is 2. The molecule has 1 rings (SSSR count). The van der Waals surface area contributed by atoms with Crippen molar-refractivity contribution in [3.8, 4) is 0 Å². The number of carbonyl (C=O) groups is 1. The van der Waals surface area contributed by atoms with Gasteiger partial charge >= 0.3 is 0 Å². The van der Waals surface area contributed by atoms with Gasteiger partial charge in [-0.1, -0.05) is 19.3 Å². The van der Waals surface area contributed by atoms with Gasteiger partial charge in [0.2, 0.25) is 5.91 Å². The van der Waals surface area contributed by atoms with E-state index in [1.807, 2.05) is 20.8 Å². The maximum absolute atomic E-state index is 11.9. The average molecular weight is 253 g/mol. The van der Waals surface area contributed by atoms with E-state index in [0.29, 0.717) is 11.8 Å². The number of nitrogens with zero attached hydrogens (tertiary/aromatic N) is 1. The standard InChI is InChI=1S/C14H27N3O/c1-10(13(18)17-14(2,3)4)16-12(15)11-8-6-5-7-9-11/h10-11H,5-9H2,1-4H3,(H2,15,16)(H,17,18). The fourth-order valence-corrected chi connectivity index (χ4v) is 2.26. The van der Waals surface area contributed by atoms with Crippen molar-refractivity contribution in [2.45, 2.75) is 71.4 Å². The van der Waals surface area contributed by atoms with Crippen LogP contribution in [0.15, 0.2) is 4.99 Å². The Kier molecular flexibility index (Phi) is 5.17. The Morgan fingerprint density at radius 2 is 1.83 bits per heavy atom. The minimum absolute atomic E-state index is 0.0544. The average Bonchev–Trinajstić information content (AvgIpc) is 2.27. The van der Waals surface area contributed by atoms with Crippen molar-refractivity contribution in [1.82, 2.24) is 5.32 Å². The Morgan fingerprint density at radius 1 is 1.28 bits per heavy atom. The lowest BCUT2D eigenvalue weighted by Crippen LogP contribution is -2.45. The molecule has 0 bridgehead atoms. The maximum atomic E-state index is 11.9. The van der Waals surface area contributed by atoms with Gasteiger partial charge < -0.3 is 11.1 Å². The van der Waals surface area contributed by atoms with E-state index in [4.69, 9.17) is 5.73 Å². The van der Waals surface area contributed by atoms with Crippen LogP contribution in [0, 0.1) is 5.92 Å². The zero-order valence-corrected chi connectivity index (χ0v) is 12.1. The fraction of sp³-hybridized carbons (Fsp3) is 0.857. The number of amidine groups is 1. The lowest BCUT2D eigenvalue weighted by molar-refractivity contribution is -0.123. The van der Waals surface area contributed by atoms with Crippen LogP contribution >= 0.6 is 0 Å². The number of nitrogens with one attached hydrogen (secondary N) is 1. The molecule has 0 spiro atoms. The second-order valence-corrected chi connectivity index (χ2v) is 6.30. The minimum Gasteiger partial charge on any atom is -0.387 e. The summed E-state index contributed by atoms with van der Waals surface area (Å²) in [4.78, 5) is 16.3. The smallest absolute Gasteiger partial charge is 0.244 e. The van der Waals surface area contributed by atoms with Gasteiger partial charge in [-0.2, -0.15) is 0 Å². The van der Waals surface area contributed by atoms with E-state index in [1.165, 1.54) is 19.3 Å². The third-order valence-electron chi connectivity index (χ3n) is 3.24. The Labute approximate surface area is 110 Å². The number of amides is 1. The van der Waals surface area contributed by atoms with Crippen LogP contribution in [0.4, 0.5) is 0 Å². The van der Waals surface area contributed by atoms with Crippen LogP contribution in [0.2, 0.25) is 0 Å². The first-order chi connectivity index (χ1) is 8.29. The van der Waals surface area contributed by atoms with E-state index in [2.05, 4.69) is 10.3 Å². The molecule has 4 nitrogen and oxygen atoms in total. The summed E-state index contributed by atoms with van der Waals surface area (Å²) in [7, 11) is 0. The van der Waals surface area contributed by atoms with Crippen LogP contribution in [0.1, 0.15) is 59.8 Å². The summed E-state index contributed by atoms with van der Waals surface area (Å²) in [5, 5.41) is 2.93. The summed E-state index contributed by atoms with van der Waals surface area (Å²) in [5.41, 5.74) is 5.80. The highest BCUT2D eigenvalue weighted by atomic mass is 16.2. The van der Waals surface area contributed by atoms with Crippen LogP contribution in [0.5, 0.6) is 0 Å². The topological polar surface area (TPSA) is 67.5 Å². The lowest BCUT2D eigenvalue weighted by Gasteiger charge is -2.24. The predicted molar refractivity (Wildman–Crippen MR) is 75.6 cm³/mol. The molecular weight excluding hydrogens is 226 g/mol. The van der Waals surface area contributed by atoms with Gasteiger partial charge in [-0.25, -0.2) is 0 Å². The summed E-state index contributed by atoms with van der Waals surface area (Å²) in [6.07, 6.45) is 5.97. The maximum Gasteiger partial charge on any atom is 0.244 e. The van der Waals surface area contributed by atoms with Gasteiger partial charge in [0.05, 0.1) is 5.84 Å². The van der Waals surface area contributed by atoms with E-state index < -0.39 is 6.04 Å². The summed E-state index contributed by atoms with van der Waals surface area (Å²) < 4.78 is 0. The molecule has 1 aliphatic carbocycles. The summed E-state index contributed by atoms with van der Waals surface area (Å²) in [5.74, 6) is 0.983. The van der Waals surface area contributed by atoms with Crippen molar-refractivity contribution in [3.63, 3.8) is 0 Å². The lowest BCUT2D eigenvalue weighted by atomic mass is 9.88. The first kappa shape index (κ1) is 15.0. The largest absolute Gasteiger partial charge is 0.387 e. The van der Waals surface area contributed by atoms with Crippen LogP contribution in [0.25, 0.3) is 0 Å². The Bertz CT molecular complexity index is 311. The summed E-state index contributed by atoms with van der Waals surface area (Å²) >= 11 is 0. The number of aliphatic imine (C=N–C) groups is 1. The van der Waals surface area contributed by atoms with Gasteiger partial charge in [-0.05, 0) is 40.5 Å². The molecule has 0 aliphatic heterocycles. The number of nitrogens with two attached hydrogens (primary N) is 1. The highest BCUT2D eigenvalue weighted by Crippen LogP contribution is 2.23. The van der Waals surface area contributed by atoms with Crippen molar-refractivity contribution in [3.05, 3.63) is 0 Å². The van der Waals surface area contributed by atoms with E-state index in [-0.39, 0.29) is 11.4 Å². The quantitative estimate of drug-likeness (QED) is 0.598.